The van der Waals surface area contributed by atoms with Crippen LogP contribution in [0.1, 0.15) is 11.4 Å². The second kappa shape index (κ2) is 6.70. The number of hydrogen-bond acceptors (Lipinski definition) is 6. The number of aryl methyl sites for hydroxylation is 1. The molecule has 0 amide bonds. The van der Waals surface area contributed by atoms with E-state index in [0.717, 1.165) is 12.1 Å². The molecular weight excluding hydrogens is 383 g/mol. The van der Waals surface area contributed by atoms with E-state index < -0.39 is 15.8 Å². The summed E-state index contributed by atoms with van der Waals surface area (Å²) in [6.07, 6.45) is 0. The van der Waals surface area contributed by atoms with Crippen molar-refractivity contribution in [3.05, 3.63) is 58.6 Å². The van der Waals surface area contributed by atoms with Gasteiger partial charge in [0.05, 0.1) is 26.9 Å². The molecule has 0 aliphatic carbocycles. The highest BCUT2D eigenvalue weighted by atomic mass is 35.5. The average Bonchev–Trinajstić information content (AvgIpc) is 3.02. The highest BCUT2D eigenvalue weighted by Crippen LogP contribution is 2.25. The molecule has 2 aromatic carbocycles. The quantitative estimate of drug-likeness (QED) is 0.729. The van der Waals surface area contributed by atoms with E-state index in [-0.39, 0.29) is 21.2 Å². The van der Waals surface area contributed by atoms with Crippen LogP contribution in [0.25, 0.3) is 5.69 Å². The van der Waals surface area contributed by atoms with Gasteiger partial charge in [-0.25, -0.2) is 12.8 Å². The first-order chi connectivity index (χ1) is 12.3. The minimum atomic E-state index is -4.12. The lowest BCUT2D eigenvalue weighted by molar-refractivity contribution is 0.598. The number of anilines is 1. The molecule has 11 heteroatoms. The smallest absolute Gasteiger partial charge is 0.262 e. The zero-order valence-electron chi connectivity index (χ0n) is 13.2. The van der Waals surface area contributed by atoms with Gasteiger partial charge in [-0.3, -0.25) is 4.72 Å². The summed E-state index contributed by atoms with van der Waals surface area (Å²) in [6.45, 7) is 1.64. The summed E-state index contributed by atoms with van der Waals surface area (Å²) in [6, 6.07) is 9.21. The molecule has 3 rings (SSSR count). The van der Waals surface area contributed by atoms with Crippen LogP contribution >= 0.6 is 11.6 Å². The zero-order valence-corrected chi connectivity index (χ0v) is 14.8. The average molecular weight is 393 g/mol. The molecule has 0 radical (unpaired) electrons. The van der Waals surface area contributed by atoms with Crippen molar-refractivity contribution < 1.29 is 12.8 Å². The first kappa shape index (κ1) is 17.8. The topological polar surface area (TPSA) is 114 Å². The molecule has 1 heterocycles. The molecule has 132 valence electrons. The summed E-state index contributed by atoms with van der Waals surface area (Å²) in [5, 5.41) is 19.8. The summed E-state index contributed by atoms with van der Waals surface area (Å²) >= 11 is 5.87. The van der Waals surface area contributed by atoms with E-state index in [4.69, 9.17) is 16.9 Å². The molecule has 8 nitrogen and oxygen atoms in total. The third-order valence-corrected chi connectivity index (χ3v) is 5.11. The Morgan fingerprint density at radius 3 is 2.65 bits per heavy atom. The van der Waals surface area contributed by atoms with Crippen LogP contribution in [0.3, 0.4) is 0 Å². The number of hydrogen-bond donors (Lipinski definition) is 1. The van der Waals surface area contributed by atoms with Crippen molar-refractivity contribution in [1.29, 1.82) is 5.26 Å². The Morgan fingerprint density at radius 2 is 2.04 bits per heavy atom. The third-order valence-electron chi connectivity index (χ3n) is 3.44. The fraction of sp³-hybridized carbons (Fsp3) is 0.0667. The lowest BCUT2D eigenvalue weighted by Crippen LogP contribution is -2.14. The lowest BCUT2D eigenvalue weighted by Gasteiger charge is -2.11. The summed E-state index contributed by atoms with van der Waals surface area (Å²) in [7, 11) is -4.12. The highest BCUT2D eigenvalue weighted by Gasteiger charge is 2.19. The molecular formula is C15H10ClFN6O2S. The van der Waals surface area contributed by atoms with E-state index in [1.54, 1.807) is 6.92 Å². The van der Waals surface area contributed by atoms with Crippen molar-refractivity contribution in [2.24, 2.45) is 0 Å². The standard InChI is InChI=1S/C15H10ClFN6O2S/c1-9-19-21-22-23(9)11-3-5-14(17)15(6-11)20-26(24,25)12-4-2-10(8-18)13(16)7-12/h2-7,20H,1H3. The van der Waals surface area contributed by atoms with Crippen LogP contribution in [0, 0.1) is 24.1 Å². The van der Waals surface area contributed by atoms with Crippen LogP contribution in [-0.2, 0) is 10.0 Å². The van der Waals surface area contributed by atoms with Gasteiger partial charge >= 0.3 is 0 Å². The molecule has 1 N–H and O–H groups in total. The Bertz CT molecular complexity index is 1140. The van der Waals surface area contributed by atoms with Crippen molar-refractivity contribution in [3.8, 4) is 11.8 Å². The maximum atomic E-state index is 14.1. The molecule has 0 saturated carbocycles. The van der Waals surface area contributed by atoms with Crippen LogP contribution in [0.5, 0.6) is 0 Å². The third kappa shape index (κ3) is 3.35. The monoisotopic (exact) mass is 392 g/mol. The number of tetrazole rings is 1. The summed E-state index contributed by atoms with van der Waals surface area (Å²) in [4.78, 5) is -0.204. The maximum Gasteiger partial charge on any atom is 0.262 e. The van der Waals surface area contributed by atoms with Crippen LogP contribution < -0.4 is 4.72 Å². The number of sulfonamides is 1. The Hall–Kier alpha value is -3.03. The number of nitrogens with one attached hydrogen (secondary N) is 1. The molecule has 0 aliphatic rings. The minimum absolute atomic E-state index is 0.0195. The second-order valence-corrected chi connectivity index (χ2v) is 7.25. The molecule has 0 fully saturated rings. The van der Waals surface area contributed by atoms with Crippen molar-refractivity contribution >= 4 is 27.3 Å². The molecule has 0 saturated heterocycles. The first-order valence-electron chi connectivity index (χ1n) is 7.09. The van der Waals surface area contributed by atoms with Gasteiger partial charge in [-0.05, 0) is 53.7 Å². The first-order valence-corrected chi connectivity index (χ1v) is 8.95. The van der Waals surface area contributed by atoms with Crippen molar-refractivity contribution in [2.45, 2.75) is 11.8 Å². The Kier molecular flexibility index (Phi) is 4.58. The Morgan fingerprint density at radius 1 is 1.27 bits per heavy atom. The number of nitriles is 1. The number of halogens is 2. The highest BCUT2D eigenvalue weighted by molar-refractivity contribution is 7.92. The number of rotatable bonds is 4. The largest absolute Gasteiger partial charge is 0.277 e. The molecule has 3 aromatic rings. The molecule has 26 heavy (non-hydrogen) atoms. The zero-order chi connectivity index (χ0) is 18.9. The Labute approximate surface area is 152 Å². The van der Waals surface area contributed by atoms with Crippen LogP contribution in [0.2, 0.25) is 5.02 Å². The summed E-state index contributed by atoms with van der Waals surface area (Å²) in [5.41, 5.74) is 0.232. The molecule has 1 aromatic heterocycles. The van der Waals surface area contributed by atoms with Gasteiger partial charge in [-0.15, -0.1) is 5.10 Å². The van der Waals surface area contributed by atoms with Crippen LogP contribution in [0.15, 0.2) is 41.3 Å². The summed E-state index contributed by atoms with van der Waals surface area (Å²) in [5.74, 6) is -0.327. The van der Waals surface area contributed by atoms with Crippen LogP contribution in [-0.4, -0.2) is 28.6 Å². The van der Waals surface area contributed by atoms with E-state index in [1.165, 1.54) is 28.9 Å². The molecule has 0 atom stereocenters. The van der Waals surface area contributed by atoms with Crippen molar-refractivity contribution in [1.82, 2.24) is 20.2 Å². The normalized spacial score (nSPS) is 11.2. The van der Waals surface area contributed by atoms with Crippen molar-refractivity contribution in [2.75, 3.05) is 4.72 Å². The van der Waals surface area contributed by atoms with Gasteiger partial charge in [0.25, 0.3) is 10.0 Å². The molecule has 0 aliphatic heterocycles. The number of benzene rings is 2. The number of aromatic nitrogens is 4. The second-order valence-electron chi connectivity index (χ2n) is 5.16. The summed E-state index contributed by atoms with van der Waals surface area (Å²) < 4.78 is 42.6. The molecule has 0 unspecified atom stereocenters. The van der Waals surface area contributed by atoms with Gasteiger partial charge in [0, 0.05) is 0 Å². The SMILES string of the molecule is Cc1nnnn1-c1ccc(F)c(NS(=O)(=O)c2ccc(C#N)c(Cl)c2)c1. The van der Waals surface area contributed by atoms with Gasteiger partial charge in [0.1, 0.15) is 11.9 Å². The molecule has 0 spiro atoms. The van der Waals surface area contributed by atoms with E-state index >= 15 is 0 Å². The van der Waals surface area contributed by atoms with Gasteiger partial charge in [0.15, 0.2) is 5.82 Å². The minimum Gasteiger partial charge on any atom is -0.277 e. The van der Waals surface area contributed by atoms with E-state index in [0.29, 0.717) is 11.5 Å². The van der Waals surface area contributed by atoms with Gasteiger partial charge in [-0.1, -0.05) is 11.6 Å². The fourth-order valence-corrected chi connectivity index (χ4v) is 3.52. The van der Waals surface area contributed by atoms with Crippen molar-refractivity contribution in [3.63, 3.8) is 0 Å². The number of nitrogens with zero attached hydrogens (tertiary/aromatic N) is 5. The van der Waals surface area contributed by atoms with Gasteiger partial charge in [-0.2, -0.15) is 9.94 Å². The fourth-order valence-electron chi connectivity index (χ4n) is 2.15. The predicted octanol–water partition coefficient (Wildman–Crippen LogP) is 2.44. The van der Waals surface area contributed by atoms with Crippen LogP contribution in [0.4, 0.5) is 10.1 Å². The van der Waals surface area contributed by atoms with E-state index in [2.05, 4.69) is 20.2 Å². The van der Waals surface area contributed by atoms with E-state index in [1.807, 2.05) is 6.07 Å². The lowest BCUT2D eigenvalue weighted by atomic mass is 10.2. The maximum absolute atomic E-state index is 14.1. The van der Waals surface area contributed by atoms with Gasteiger partial charge < -0.3 is 0 Å². The van der Waals surface area contributed by atoms with Gasteiger partial charge in [0.2, 0.25) is 0 Å². The Balaban J connectivity index is 1.99. The van der Waals surface area contributed by atoms with E-state index in [9.17, 15) is 12.8 Å². The predicted molar refractivity (Wildman–Crippen MR) is 90.8 cm³/mol. The molecule has 0 bridgehead atoms.